The highest BCUT2D eigenvalue weighted by atomic mass is 32.1. The highest BCUT2D eigenvalue weighted by molar-refractivity contribution is 7.17. The number of esters is 1. The lowest BCUT2D eigenvalue weighted by Gasteiger charge is -2.24. The molecule has 1 aromatic carbocycles. The van der Waals surface area contributed by atoms with Gasteiger partial charge in [-0.3, -0.25) is 5.32 Å². The summed E-state index contributed by atoms with van der Waals surface area (Å²) in [5, 5.41) is 12.1. The van der Waals surface area contributed by atoms with Gasteiger partial charge in [-0.25, -0.2) is 14.4 Å². The maximum Gasteiger partial charge on any atom is 0.412 e. The van der Waals surface area contributed by atoms with Crippen molar-refractivity contribution in [2.75, 3.05) is 18.5 Å². The van der Waals surface area contributed by atoms with Crippen LogP contribution in [-0.4, -0.2) is 41.3 Å². The molecule has 148 valence electrons. The van der Waals surface area contributed by atoms with Crippen LogP contribution in [0.2, 0.25) is 0 Å². The van der Waals surface area contributed by atoms with Crippen molar-refractivity contribution < 1.29 is 29.0 Å². The van der Waals surface area contributed by atoms with Gasteiger partial charge in [0.25, 0.3) is 0 Å². The third-order valence-electron chi connectivity index (χ3n) is 4.24. The predicted octanol–water partition coefficient (Wildman–Crippen LogP) is 3.71. The Bertz CT molecular complexity index is 880. The lowest BCUT2D eigenvalue weighted by atomic mass is 10.0. The van der Waals surface area contributed by atoms with Crippen molar-refractivity contribution in [3.8, 4) is 0 Å². The van der Waals surface area contributed by atoms with Crippen LogP contribution in [0.3, 0.4) is 0 Å². The summed E-state index contributed by atoms with van der Waals surface area (Å²) in [6.45, 7) is 2.44. The van der Waals surface area contributed by atoms with E-state index in [0.29, 0.717) is 11.4 Å². The van der Waals surface area contributed by atoms with E-state index in [-0.39, 0.29) is 31.9 Å². The summed E-state index contributed by atoms with van der Waals surface area (Å²) in [6, 6.07) is 9.23. The summed E-state index contributed by atoms with van der Waals surface area (Å²) < 4.78 is 10.3. The Labute approximate surface area is 165 Å². The van der Waals surface area contributed by atoms with E-state index < -0.39 is 18.2 Å². The zero-order valence-corrected chi connectivity index (χ0v) is 16.1. The number of carboxylic acid groups (broad SMARTS) is 1. The van der Waals surface area contributed by atoms with Gasteiger partial charge >= 0.3 is 18.2 Å². The third kappa shape index (κ3) is 4.42. The first kappa shape index (κ1) is 19.7. The average molecular weight is 404 g/mol. The van der Waals surface area contributed by atoms with Gasteiger partial charge in [0.15, 0.2) is 0 Å². The number of anilines is 1. The number of carbonyl (C=O) groups excluding carboxylic acids is 2. The largest absolute Gasteiger partial charge is 0.465 e. The van der Waals surface area contributed by atoms with Gasteiger partial charge < -0.3 is 19.5 Å². The molecular formula is C19H20N2O6S. The molecule has 1 aliphatic heterocycles. The van der Waals surface area contributed by atoms with E-state index in [1.54, 1.807) is 6.92 Å². The predicted molar refractivity (Wildman–Crippen MR) is 103 cm³/mol. The zero-order chi connectivity index (χ0) is 20.1. The van der Waals surface area contributed by atoms with Gasteiger partial charge in [0.2, 0.25) is 0 Å². The number of fused-ring (bicyclic) bond motifs is 1. The van der Waals surface area contributed by atoms with Crippen molar-refractivity contribution >= 4 is 34.5 Å². The molecule has 0 aliphatic carbocycles. The molecular weight excluding hydrogens is 384 g/mol. The molecule has 0 bridgehead atoms. The van der Waals surface area contributed by atoms with Crippen LogP contribution < -0.4 is 5.32 Å². The van der Waals surface area contributed by atoms with Gasteiger partial charge in [-0.1, -0.05) is 30.3 Å². The molecule has 2 aromatic rings. The van der Waals surface area contributed by atoms with E-state index in [0.717, 1.165) is 16.0 Å². The molecule has 0 saturated carbocycles. The monoisotopic (exact) mass is 404 g/mol. The number of nitrogens with one attached hydrogen (secondary N) is 1. The van der Waals surface area contributed by atoms with Crippen molar-refractivity contribution in [1.29, 1.82) is 0 Å². The second-order valence-electron chi connectivity index (χ2n) is 6.07. The first-order chi connectivity index (χ1) is 13.5. The van der Waals surface area contributed by atoms with Gasteiger partial charge in [-0.05, 0) is 24.5 Å². The molecule has 0 radical (unpaired) electrons. The fourth-order valence-electron chi connectivity index (χ4n) is 2.93. The molecule has 0 unspecified atom stereocenters. The number of ether oxygens (including phenoxy) is 2. The van der Waals surface area contributed by atoms with Crippen LogP contribution in [0.4, 0.5) is 14.6 Å². The molecule has 1 aliphatic rings. The van der Waals surface area contributed by atoms with Crippen LogP contribution >= 0.6 is 11.3 Å². The maximum atomic E-state index is 12.4. The van der Waals surface area contributed by atoms with Crippen LogP contribution in [0.1, 0.15) is 33.3 Å². The topological polar surface area (TPSA) is 105 Å². The smallest absolute Gasteiger partial charge is 0.412 e. The molecule has 0 atom stereocenters. The Kier molecular flexibility index (Phi) is 6.15. The third-order valence-corrected chi connectivity index (χ3v) is 5.37. The van der Waals surface area contributed by atoms with E-state index in [2.05, 4.69) is 5.32 Å². The fraction of sp³-hybridized carbons (Fsp3) is 0.316. The minimum absolute atomic E-state index is 0.0965. The van der Waals surface area contributed by atoms with Crippen LogP contribution in [0.15, 0.2) is 30.3 Å². The summed E-state index contributed by atoms with van der Waals surface area (Å²) in [4.78, 5) is 37.9. The first-order valence-corrected chi connectivity index (χ1v) is 9.58. The molecule has 8 nitrogen and oxygen atoms in total. The number of thiophene rings is 1. The number of carbonyl (C=O) groups is 3. The molecule has 0 saturated heterocycles. The Morgan fingerprint density at radius 2 is 1.96 bits per heavy atom. The molecule has 0 spiro atoms. The number of rotatable bonds is 5. The number of hydrogen-bond acceptors (Lipinski definition) is 6. The number of nitrogens with zero attached hydrogens (tertiary/aromatic N) is 1. The van der Waals surface area contributed by atoms with Gasteiger partial charge in [-0.2, -0.15) is 0 Å². The van der Waals surface area contributed by atoms with Crippen LogP contribution in [0, 0.1) is 0 Å². The Hall–Kier alpha value is -3.07. The highest BCUT2D eigenvalue weighted by Crippen LogP contribution is 2.37. The van der Waals surface area contributed by atoms with Gasteiger partial charge in [0, 0.05) is 11.4 Å². The summed E-state index contributed by atoms with van der Waals surface area (Å²) in [5.74, 6) is -0.540. The molecule has 28 heavy (non-hydrogen) atoms. The Morgan fingerprint density at radius 3 is 2.64 bits per heavy atom. The zero-order valence-electron chi connectivity index (χ0n) is 15.3. The number of amides is 2. The summed E-state index contributed by atoms with van der Waals surface area (Å²) in [5.41, 5.74) is 1.84. The van der Waals surface area contributed by atoms with Crippen LogP contribution in [-0.2, 0) is 29.0 Å². The van der Waals surface area contributed by atoms with Crippen molar-refractivity contribution in [3.05, 3.63) is 51.9 Å². The quantitative estimate of drug-likeness (QED) is 0.736. The lowest BCUT2D eigenvalue weighted by molar-refractivity contribution is 0.0526. The van der Waals surface area contributed by atoms with Gasteiger partial charge in [-0.15, -0.1) is 11.3 Å². The maximum absolute atomic E-state index is 12.4. The standard InChI is InChI=1S/C19H20N2O6S/c1-2-26-17(22)15-13-8-9-21(19(24)25)10-14(13)28-16(15)20-18(23)27-11-12-6-4-3-5-7-12/h3-7H,2,8-11H2,1H3,(H,20,23)(H,24,25). The van der Waals surface area contributed by atoms with Crippen molar-refractivity contribution in [2.24, 2.45) is 0 Å². The van der Waals surface area contributed by atoms with Gasteiger partial charge in [0.1, 0.15) is 11.6 Å². The molecule has 2 N–H and O–H groups in total. The second kappa shape index (κ2) is 8.75. The van der Waals surface area contributed by atoms with E-state index >= 15 is 0 Å². The highest BCUT2D eigenvalue weighted by Gasteiger charge is 2.31. The van der Waals surface area contributed by atoms with E-state index in [4.69, 9.17) is 9.47 Å². The lowest BCUT2D eigenvalue weighted by Crippen LogP contribution is -2.34. The van der Waals surface area contributed by atoms with Crippen LogP contribution in [0.25, 0.3) is 0 Å². The second-order valence-corrected chi connectivity index (χ2v) is 7.17. The fourth-order valence-corrected chi connectivity index (χ4v) is 4.16. The number of benzene rings is 1. The van der Waals surface area contributed by atoms with Crippen LogP contribution in [0.5, 0.6) is 0 Å². The average Bonchev–Trinajstić information content (AvgIpc) is 3.04. The Morgan fingerprint density at radius 1 is 1.21 bits per heavy atom. The van der Waals surface area contributed by atoms with Crippen molar-refractivity contribution in [1.82, 2.24) is 4.90 Å². The first-order valence-electron chi connectivity index (χ1n) is 8.76. The van der Waals surface area contributed by atoms with E-state index in [1.807, 2.05) is 30.3 Å². The van der Waals surface area contributed by atoms with Crippen molar-refractivity contribution in [3.63, 3.8) is 0 Å². The Balaban J connectivity index is 1.78. The van der Waals surface area contributed by atoms with Gasteiger partial charge in [0.05, 0.1) is 18.7 Å². The SMILES string of the molecule is CCOC(=O)c1c(NC(=O)OCc2ccccc2)sc2c1CCN(C(=O)O)C2. The normalized spacial score (nSPS) is 12.8. The molecule has 0 fully saturated rings. The summed E-state index contributed by atoms with van der Waals surface area (Å²) >= 11 is 1.17. The molecule has 2 amide bonds. The van der Waals surface area contributed by atoms with E-state index in [9.17, 15) is 19.5 Å². The minimum atomic E-state index is -1.02. The summed E-state index contributed by atoms with van der Waals surface area (Å²) in [6.07, 6.45) is -1.33. The molecule has 2 heterocycles. The van der Waals surface area contributed by atoms with E-state index in [1.165, 1.54) is 16.2 Å². The molecule has 9 heteroatoms. The molecule has 1 aromatic heterocycles. The minimum Gasteiger partial charge on any atom is -0.465 e. The van der Waals surface area contributed by atoms with Crippen molar-refractivity contribution in [2.45, 2.75) is 26.5 Å². The molecule has 3 rings (SSSR count). The number of hydrogen-bond donors (Lipinski definition) is 2. The summed E-state index contributed by atoms with van der Waals surface area (Å²) in [7, 11) is 0.